The van der Waals surface area contributed by atoms with Crippen molar-refractivity contribution in [1.29, 1.82) is 0 Å². The van der Waals surface area contributed by atoms with Crippen LogP contribution in [0.2, 0.25) is 0 Å². The van der Waals surface area contributed by atoms with E-state index in [1.807, 2.05) is 44.5 Å². The van der Waals surface area contributed by atoms with E-state index in [4.69, 9.17) is 10.7 Å². The van der Waals surface area contributed by atoms with Gasteiger partial charge in [0.2, 0.25) is 5.91 Å². The topological polar surface area (TPSA) is 103 Å². The van der Waals surface area contributed by atoms with Crippen LogP contribution in [0, 0.1) is 0 Å². The number of nitrogens with zero attached hydrogens (tertiary/aromatic N) is 3. The van der Waals surface area contributed by atoms with Crippen LogP contribution in [-0.4, -0.2) is 26.6 Å². The predicted molar refractivity (Wildman–Crippen MR) is 108 cm³/mol. The Morgan fingerprint density at radius 3 is 2.57 bits per heavy atom. The molecule has 0 unspecified atom stereocenters. The standard InChI is InChI=1S/C21H25N5O2/c1-12(2)18-9-16(17-11-24-26(13(3)4)20(17)25-18)21(28)23-10-14-6-5-7-15(8-14)19(22)27/h5-9,11-13H,10H2,1-4H3,(H2,22,27)(H,23,28). The van der Waals surface area contributed by atoms with Gasteiger partial charge in [-0.05, 0) is 43.5 Å². The zero-order valence-corrected chi connectivity index (χ0v) is 16.6. The first kappa shape index (κ1) is 19.5. The van der Waals surface area contributed by atoms with Gasteiger partial charge in [-0.15, -0.1) is 0 Å². The van der Waals surface area contributed by atoms with Crippen molar-refractivity contribution in [3.63, 3.8) is 0 Å². The number of nitrogens with two attached hydrogens (primary N) is 1. The number of benzene rings is 1. The minimum absolute atomic E-state index is 0.139. The highest BCUT2D eigenvalue weighted by atomic mass is 16.2. The van der Waals surface area contributed by atoms with Crippen molar-refractivity contribution in [3.8, 4) is 0 Å². The molecule has 2 heterocycles. The van der Waals surface area contributed by atoms with E-state index >= 15 is 0 Å². The summed E-state index contributed by atoms with van der Waals surface area (Å²) < 4.78 is 1.83. The van der Waals surface area contributed by atoms with E-state index in [1.165, 1.54) is 0 Å². The summed E-state index contributed by atoms with van der Waals surface area (Å²) in [5.41, 5.74) is 8.64. The third-order valence-electron chi connectivity index (χ3n) is 4.58. The van der Waals surface area contributed by atoms with E-state index in [9.17, 15) is 9.59 Å². The molecule has 0 aliphatic heterocycles. The Bertz CT molecular complexity index is 1040. The van der Waals surface area contributed by atoms with E-state index in [-0.39, 0.29) is 17.9 Å². The molecule has 7 nitrogen and oxygen atoms in total. The summed E-state index contributed by atoms with van der Waals surface area (Å²) in [6.07, 6.45) is 1.69. The maximum atomic E-state index is 12.9. The average molecular weight is 379 g/mol. The van der Waals surface area contributed by atoms with Crippen molar-refractivity contribution in [2.75, 3.05) is 0 Å². The molecule has 0 fully saturated rings. The fourth-order valence-corrected chi connectivity index (χ4v) is 3.01. The number of rotatable bonds is 6. The molecule has 0 aliphatic carbocycles. The molecule has 3 N–H and O–H groups in total. The first-order valence-corrected chi connectivity index (χ1v) is 9.33. The van der Waals surface area contributed by atoms with Crippen molar-refractivity contribution in [2.45, 2.75) is 46.2 Å². The molecule has 0 spiro atoms. The van der Waals surface area contributed by atoms with E-state index < -0.39 is 5.91 Å². The minimum atomic E-state index is -0.494. The molecule has 0 atom stereocenters. The van der Waals surface area contributed by atoms with E-state index in [2.05, 4.69) is 10.4 Å². The average Bonchev–Trinajstić information content (AvgIpc) is 3.09. The van der Waals surface area contributed by atoms with Gasteiger partial charge in [0.1, 0.15) is 0 Å². The van der Waals surface area contributed by atoms with E-state index in [0.717, 1.165) is 16.6 Å². The van der Waals surface area contributed by atoms with Gasteiger partial charge in [-0.25, -0.2) is 9.67 Å². The number of nitrogens with one attached hydrogen (secondary N) is 1. The van der Waals surface area contributed by atoms with Gasteiger partial charge in [-0.2, -0.15) is 5.10 Å². The summed E-state index contributed by atoms with van der Waals surface area (Å²) in [5, 5.41) is 8.06. The van der Waals surface area contributed by atoms with Crippen molar-refractivity contribution < 1.29 is 9.59 Å². The van der Waals surface area contributed by atoms with Gasteiger partial charge in [0.15, 0.2) is 5.65 Å². The monoisotopic (exact) mass is 379 g/mol. The first-order chi connectivity index (χ1) is 13.3. The van der Waals surface area contributed by atoms with Crippen LogP contribution in [0.5, 0.6) is 0 Å². The molecule has 0 aliphatic rings. The van der Waals surface area contributed by atoms with Crippen LogP contribution in [0.15, 0.2) is 36.5 Å². The molecule has 2 amide bonds. The second-order valence-electron chi connectivity index (χ2n) is 7.42. The number of pyridine rings is 1. The van der Waals surface area contributed by atoms with Crippen LogP contribution >= 0.6 is 0 Å². The Balaban J connectivity index is 1.92. The number of hydrogen-bond donors (Lipinski definition) is 2. The van der Waals surface area contributed by atoms with E-state index in [1.54, 1.807) is 24.4 Å². The fourth-order valence-electron chi connectivity index (χ4n) is 3.01. The Morgan fingerprint density at radius 2 is 1.93 bits per heavy atom. The molecule has 7 heteroatoms. The molecule has 3 aromatic rings. The molecular weight excluding hydrogens is 354 g/mol. The Kier molecular flexibility index (Phi) is 5.44. The lowest BCUT2D eigenvalue weighted by Crippen LogP contribution is -2.24. The van der Waals surface area contributed by atoms with Crippen LogP contribution in [0.25, 0.3) is 11.0 Å². The van der Waals surface area contributed by atoms with Crippen LogP contribution in [0.3, 0.4) is 0 Å². The second-order valence-corrected chi connectivity index (χ2v) is 7.42. The maximum Gasteiger partial charge on any atom is 0.252 e. The van der Waals surface area contributed by atoms with Crippen molar-refractivity contribution >= 4 is 22.8 Å². The van der Waals surface area contributed by atoms with Crippen LogP contribution in [-0.2, 0) is 6.54 Å². The number of carbonyl (C=O) groups is 2. The molecule has 0 bridgehead atoms. The molecular formula is C21H25N5O2. The first-order valence-electron chi connectivity index (χ1n) is 9.33. The number of carbonyl (C=O) groups excluding carboxylic acids is 2. The third-order valence-corrected chi connectivity index (χ3v) is 4.58. The summed E-state index contributed by atoms with van der Waals surface area (Å²) in [4.78, 5) is 29.0. The number of hydrogen-bond acceptors (Lipinski definition) is 4. The van der Waals surface area contributed by atoms with Crippen molar-refractivity contribution in [2.24, 2.45) is 5.73 Å². The van der Waals surface area contributed by atoms with Crippen LogP contribution in [0.4, 0.5) is 0 Å². The van der Waals surface area contributed by atoms with Gasteiger partial charge in [-0.3, -0.25) is 9.59 Å². The molecule has 28 heavy (non-hydrogen) atoms. The van der Waals surface area contributed by atoms with Gasteiger partial charge < -0.3 is 11.1 Å². The quantitative estimate of drug-likeness (QED) is 0.686. The Labute approximate surface area is 163 Å². The lowest BCUT2D eigenvalue weighted by Gasteiger charge is -2.12. The molecule has 0 saturated heterocycles. The molecule has 2 aromatic heterocycles. The number of amides is 2. The third kappa shape index (κ3) is 3.88. The van der Waals surface area contributed by atoms with Gasteiger partial charge in [0, 0.05) is 23.8 Å². The summed E-state index contributed by atoms with van der Waals surface area (Å²) in [7, 11) is 0. The van der Waals surface area contributed by atoms with Crippen LogP contribution < -0.4 is 11.1 Å². The molecule has 0 radical (unpaired) electrons. The van der Waals surface area contributed by atoms with Gasteiger partial charge in [-0.1, -0.05) is 26.0 Å². The lowest BCUT2D eigenvalue weighted by molar-refractivity contribution is 0.0951. The summed E-state index contributed by atoms with van der Waals surface area (Å²) >= 11 is 0. The molecule has 3 rings (SSSR count). The van der Waals surface area contributed by atoms with E-state index in [0.29, 0.717) is 23.3 Å². The number of fused-ring (bicyclic) bond motifs is 1. The molecule has 146 valence electrons. The minimum Gasteiger partial charge on any atom is -0.366 e. The SMILES string of the molecule is CC(C)c1cc(C(=O)NCc2cccc(C(N)=O)c2)c2cnn(C(C)C)c2n1. The van der Waals surface area contributed by atoms with Crippen molar-refractivity contribution in [3.05, 3.63) is 58.9 Å². The Morgan fingerprint density at radius 1 is 1.18 bits per heavy atom. The second kappa shape index (κ2) is 7.80. The summed E-state index contributed by atoms with van der Waals surface area (Å²) in [6, 6.07) is 8.88. The summed E-state index contributed by atoms with van der Waals surface area (Å²) in [6.45, 7) is 8.44. The number of aromatic nitrogens is 3. The molecule has 0 saturated carbocycles. The maximum absolute atomic E-state index is 12.9. The smallest absolute Gasteiger partial charge is 0.252 e. The highest BCUT2D eigenvalue weighted by Gasteiger charge is 2.19. The molecule has 1 aromatic carbocycles. The number of primary amides is 1. The predicted octanol–water partition coefficient (Wildman–Crippen LogP) is 3.16. The van der Waals surface area contributed by atoms with Crippen molar-refractivity contribution in [1.82, 2.24) is 20.1 Å². The summed E-state index contributed by atoms with van der Waals surface area (Å²) in [5.74, 6) is -0.521. The zero-order chi connectivity index (χ0) is 20.4. The highest BCUT2D eigenvalue weighted by Crippen LogP contribution is 2.24. The fraction of sp³-hybridized carbons (Fsp3) is 0.333. The highest BCUT2D eigenvalue weighted by molar-refractivity contribution is 6.05. The van der Waals surface area contributed by atoms with Gasteiger partial charge in [0.05, 0.1) is 17.1 Å². The Hall–Kier alpha value is -3.22. The van der Waals surface area contributed by atoms with Gasteiger partial charge in [0.25, 0.3) is 5.91 Å². The normalized spacial score (nSPS) is 11.4. The lowest BCUT2D eigenvalue weighted by atomic mass is 10.0. The zero-order valence-electron chi connectivity index (χ0n) is 16.6. The van der Waals surface area contributed by atoms with Crippen LogP contribution in [0.1, 0.15) is 71.6 Å². The largest absolute Gasteiger partial charge is 0.366 e. The van der Waals surface area contributed by atoms with Gasteiger partial charge >= 0.3 is 0 Å².